The van der Waals surface area contributed by atoms with Gasteiger partial charge in [0.15, 0.2) is 6.61 Å². The molecule has 0 saturated heterocycles. The average molecular weight is 456 g/mol. The predicted octanol–water partition coefficient (Wildman–Crippen LogP) is 6.03. The fourth-order valence-corrected chi connectivity index (χ4v) is 3.84. The van der Waals surface area contributed by atoms with Gasteiger partial charge in [0, 0.05) is 22.2 Å². The summed E-state index contributed by atoms with van der Waals surface area (Å²) in [5, 5.41) is 14.9. The molecule has 1 heterocycles. The summed E-state index contributed by atoms with van der Waals surface area (Å²) in [5.41, 5.74) is 3.13. The molecular formula is C26H18FN3O2S. The maximum atomic E-state index is 13.2. The Labute approximate surface area is 194 Å². The minimum absolute atomic E-state index is 0.173. The van der Waals surface area contributed by atoms with Crippen LogP contribution in [0.25, 0.3) is 22.9 Å². The summed E-state index contributed by atoms with van der Waals surface area (Å²) < 4.78 is 18.9. The number of ether oxygens (including phenoxy) is 1. The molecule has 7 heteroatoms. The van der Waals surface area contributed by atoms with E-state index in [1.165, 1.54) is 23.5 Å². The first kappa shape index (κ1) is 21.9. The van der Waals surface area contributed by atoms with Crippen molar-refractivity contribution in [3.05, 3.63) is 101 Å². The van der Waals surface area contributed by atoms with E-state index in [4.69, 9.17) is 4.74 Å². The molecule has 0 aliphatic heterocycles. The van der Waals surface area contributed by atoms with Gasteiger partial charge in [0.25, 0.3) is 5.91 Å². The number of halogens is 1. The zero-order chi connectivity index (χ0) is 23.0. The number of hydrogen-bond acceptors (Lipinski definition) is 5. The molecule has 0 aliphatic rings. The number of hydrogen-bond donors (Lipinski definition) is 1. The molecule has 0 spiro atoms. The summed E-state index contributed by atoms with van der Waals surface area (Å²) in [5.74, 6) is -0.131. The summed E-state index contributed by atoms with van der Waals surface area (Å²) in [6, 6.07) is 24.5. The molecule has 1 N–H and O–H groups in total. The van der Waals surface area contributed by atoms with Crippen LogP contribution in [-0.4, -0.2) is 17.5 Å². The second-order valence-electron chi connectivity index (χ2n) is 6.96. The molecule has 0 atom stereocenters. The summed E-state index contributed by atoms with van der Waals surface area (Å²) >= 11 is 1.33. The summed E-state index contributed by atoms with van der Waals surface area (Å²) in [4.78, 5) is 16.7. The molecule has 4 rings (SSSR count). The van der Waals surface area contributed by atoms with E-state index in [2.05, 4.69) is 16.4 Å². The quantitative estimate of drug-likeness (QED) is 0.345. The van der Waals surface area contributed by atoms with Crippen LogP contribution in [-0.2, 0) is 4.79 Å². The number of anilines is 1. The summed E-state index contributed by atoms with van der Waals surface area (Å²) in [6.07, 6.45) is 1.68. The van der Waals surface area contributed by atoms with Crippen LogP contribution in [0.15, 0.2) is 84.2 Å². The van der Waals surface area contributed by atoms with Gasteiger partial charge in [-0.2, -0.15) is 5.26 Å². The molecule has 0 radical (unpaired) electrons. The first-order chi connectivity index (χ1) is 16.1. The molecular weight excluding hydrogens is 437 g/mol. The SMILES string of the molecule is N#CC(=Cc1ccccc1OCC(=O)Nc1ccccc1)c1nc(-c2ccc(F)cc2)cs1. The Bertz CT molecular complexity index is 1330. The van der Waals surface area contributed by atoms with E-state index in [0.717, 1.165) is 5.56 Å². The van der Waals surface area contributed by atoms with E-state index >= 15 is 0 Å². The third-order valence-corrected chi connectivity index (χ3v) is 5.51. The van der Waals surface area contributed by atoms with Crippen molar-refractivity contribution in [2.75, 3.05) is 11.9 Å². The standard InChI is InChI=1S/C26H18FN3O2S/c27-21-12-10-18(11-13-21)23-17-33-26(30-23)20(15-28)14-19-6-4-5-9-24(19)32-16-25(31)29-22-7-2-1-3-8-22/h1-14,17H,16H2,(H,29,31). The van der Waals surface area contributed by atoms with Crippen molar-refractivity contribution >= 4 is 34.6 Å². The molecule has 162 valence electrons. The van der Waals surface area contributed by atoms with Gasteiger partial charge in [0.05, 0.1) is 11.3 Å². The monoisotopic (exact) mass is 455 g/mol. The zero-order valence-corrected chi connectivity index (χ0v) is 18.2. The first-order valence-electron chi connectivity index (χ1n) is 10.0. The maximum absolute atomic E-state index is 13.2. The number of benzene rings is 3. The largest absolute Gasteiger partial charge is 0.483 e. The molecule has 1 aromatic heterocycles. The van der Waals surface area contributed by atoms with Crippen molar-refractivity contribution in [1.82, 2.24) is 4.98 Å². The van der Waals surface area contributed by atoms with Crippen molar-refractivity contribution in [3.63, 3.8) is 0 Å². The number of carbonyl (C=O) groups is 1. The Balaban J connectivity index is 1.50. The number of nitriles is 1. The summed E-state index contributed by atoms with van der Waals surface area (Å²) in [6.45, 7) is -0.173. The third-order valence-electron chi connectivity index (χ3n) is 4.63. The van der Waals surface area contributed by atoms with Crippen molar-refractivity contribution in [2.45, 2.75) is 0 Å². The average Bonchev–Trinajstić information content (AvgIpc) is 3.33. The van der Waals surface area contributed by atoms with Gasteiger partial charge in [-0.3, -0.25) is 4.79 Å². The number of para-hydroxylation sites is 2. The number of aromatic nitrogens is 1. The number of allylic oxidation sites excluding steroid dienone is 1. The fraction of sp³-hybridized carbons (Fsp3) is 0.0385. The molecule has 5 nitrogen and oxygen atoms in total. The number of rotatable bonds is 7. The van der Waals surface area contributed by atoms with E-state index < -0.39 is 0 Å². The lowest BCUT2D eigenvalue weighted by molar-refractivity contribution is -0.118. The van der Waals surface area contributed by atoms with Gasteiger partial charge >= 0.3 is 0 Å². The van der Waals surface area contributed by atoms with Gasteiger partial charge in [-0.05, 0) is 48.5 Å². The van der Waals surface area contributed by atoms with Gasteiger partial charge in [-0.15, -0.1) is 11.3 Å². The molecule has 0 saturated carbocycles. The Morgan fingerprint density at radius 3 is 2.55 bits per heavy atom. The molecule has 4 aromatic rings. The van der Waals surface area contributed by atoms with E-state index in [0.29, 0.717) is 33.3 Å². The highest BCUT2D eigenvalue weighted by Crippen LogP contribution is 2.29. The molecule has 33 heavy (non-hydrogen) atoms. The number of amides is 1. The van der Waals surface area contributed by atoms with Crippen LogP contribution < -0.4 is 10.1 Å². The zero-order valence-electron chi connectivity index (χ0n) is 17.4. The van der Waals surface area contributed by atoms with Crippen molar-refractivity contribution in [3.8, 4) is 23.1 Å². The van der Waals surface area contributed by atoms with Crippen molar-refractivity contribution in [1.29, 1.82) is 5.26 Å². The van der Waals surface area contributed by atoms with E-state index in [9.17, 15) is 14.4 Å². The molecule has 1 amide bonds. The van der Waals surface area contributed by atoms with Crippen LogP contribution in [0.2, 0.25) is 0 Å². The van der Waals surface area contributed by atoms with Gasteiger partial charge in [0.1, 0.15) is 22.6 Å². The Morgan fingerprint density at radius 2 is 1.79 bits per heavy atom. The van der Waals surface area contributed by atoms with E-state index in [1.54, 1.807) is 48.5 Å². The van der Waals surface area contributed by atoms with Crippen molar-refractivity contribution < 1.29 is 13.9 Å². The molecule has 0 bridgehead atoms. The number of nitrogens with one attached hydrogen (secondary N) is 1. The Morgan fingerprint density at radius 1 is 1.06 bits per heavy atom. The van der Waals surface area contributed by atoms with Crippen LogP contribution in [0, 0.1) is 17.1 Å². The van der Waals surface area contributed by atoms with Crippen molar-refractivity contribution in [2.24, 2.45) is 0 Å². The smallest absolute Gasteiger partial charge is 0.262 e. The molecule has 3 aromatic carbocycles. The van der Waals surface area contributed by atoms with Crippen LogP contribution >= 0.6 is 11.3 Å². The second-order valence-corrected chi connectivity index (χ2v) is 7.81. The minimum atomic E-state index is -0.319. The lowest BCUT2D eigenvalue weighted by Gasteiger charge is -2.10. The van der Waals surface area contributed by atoms with Crippen LogP contribution in [0.3, 0.4) is 0 Å². The minimum Gasteiger partial charge on any atom is -0.483 e. The predicted molar refractivity (Wildman–Crippen MR) is 128 cm³/mol. The maximum Gasteiger partial charge on any atom is 0.262 e. The molecule has 0 fully saturated rings. The van der Waals surface area contributed by atoms with Gasteiger partial charge in [-0.25, -0.2) is 9.37 Å². The number of carbonyl (C=O) groups excluding carboxylic acids is 1. The van der Waals surface area contributed by atoms with E-state index in [1.807, 2.05) is 29.6 Å². The van der Waals surface area contributed by atoms with Gasteiger partial charge in [-0.1, -0.05) is 36.4 Å². The Kier molecular flexibility index (Phi) is 6.88. The van der Waals surface area contributed by atoms with Crippen LogP contribution in [0.5, 0.6) is 5.75 Å². The topological polar surface area (TPSA) is 75.0 Å². The van der Waals surface area contributed by atoms with E-state index in [-0.39, 0.29) is 18.3 Å². The van der Waals surface area contributed by atoms with Gasteiger partial charge < -0.3 is 10.1 Å². The van der Waals surface area contributed by atoms with Crippen LogP contribution in [0.4, 0.5) is 10.1 Å². The fourth-order valence-electron chi connectivity index (χ4n) is 3.04. The van der Waals surface area contributed by atoms with Gasteiger partial charge in [0.2, 0.25) is 0 Å². The lowest BCUT2D eigenvalue weighted by Crippen LogP contribution is -2.20. The highest BCUT2D eigenvalue weighted by molar-refractivity contribution is 7.11. The number of nitrogens with zero attached hydrogens (tertiary/aromatic N) is 2. The molecule has 0 unspecified atom stereocenters. The second kappa shape index (κ2) is 10.4. The summed E-state index contributed by atoms with van der Waals surface area (Å²) in [7, 11) is 0. The lowest BCUT2D eigenvalue weighted by atomic mass is 10.1. The first-order valence-corrected chi connectivity index (χ1v) is 10.9. The van der Waals surface area contributed by atoms with Crippen LogP contribution in [0.1, 0.15) is 10.6 Å². The number of thiazole rings is 1. The Hall–Kier alpha value is -4.28. The molecule has 0 aliphatic carbocycles. The normalized spacial score (nSPS) is 11.0. The third kappa shape index (κ3) is 5.70. The highest BCUT2D eigenvalue weighted by atomic mass is 32.1. The highest BCUT2D eigenvalue weighted by Gasteiger charge is 2.12.